The van der Waals surface area contributed by atoms with E-state index in [4.69, 9.17) is 15.7 Å². The molecule has 0 aliphatic heterocycles. The van der Waals surface area contributed by atoms with E-state index in [0.717, 1.165) is 0 Å². The fourth-order valence-electron chi connectivity index (χ4n) is 1.44. The van der Waals surface area contributed by atoms with Gasteiger partial charge in [0.25, 0.3) is 0 Å². The van der Waals surface area contributed by atoms with Crippen LogP contribution in [0.2, 0.25) is 0 Å². The molecule has 0 saturated heterocycles. The Bertz CT molecular complexity index is 261. The molecule has 0 amide bonds. The summed E-state index contributed by atoms with van der Waals surface area (Å²) >= 11 is 0. The van der Waals surface area contributed by atoms with Crippen molar-refractivity contribution >= 4 is 5.97 Å². The Kier molecular flexibility index (Phi) is 2.31. The Balaban J connectivity index is 2.79. The van der Waals surface area contributed by atoms with E-state index in [2.05, 4.69) is 0 Å². The van der Waals surface area contributed by atoms with Crippen LogP contribution in [0.15, 0.2) is 0 Å². The van der Waals surface area contributed by atoms with Crippen LogP contribution in [-0.2, 0) is 9.53 Å². The molecule has 0 aromatic carbocycles. The number of nitrogens with two attached hydrogens (primary N) is 1. The van der Waals surface area contributed by atoms with Crippen molar-refractivity contribution in [2.24, 2.45) is 11.1 Å². The SMILES string of the molecule is CCOC(=O)C1(C(C)(N)C#N)CC1. The van der Waals surface area contributed by atoms with E-state index in [-0.39, 0.29) is 5.97 Å². The van der Waals surface area contributed by atoms with Crippen molar-refractivity contribution in [3.8, 4) is 6.07 Å². The normalized spacial score (nSPS) is 22.6. The van der Waals surface area contributed by atoms with Crippen LogP contribution in [-0.4, -0.2) is 18.1 Å². The third kappa shape index (κ3) is 1.40. The first kappa shape index (κ1) is 10.0. The van der Waals surface area contributed by atoms with Gasteiger partial charge in [-0.25, -0.2) is 0 Å². The summed E-state index contributed by atoms with van der Waals surface area (Å²) in [5.74, 6) is -0.332. The number of carbonyl (C=O) groups is 1. The topological polar surface area (TPSA) is 76.1 Å². The fraction of sp³-hybridized carbons (Fsp3) is 0.778. The predicted molar refractivity (Wildman–Crippen MR) is 46.5 cm³/mol. The lowest BCUT2D eigenvalue weighted by Gasteiger charge is -2.25. The molecule has 1 aliphatic carbocycles. The summed E-state index contributed by atoms with van der Waals surface area (Å²) in [4.78, 5) is 11.5. The first-order valence-electron chi connectivity index (χ1n) is 4.37. The van der Waals surface area contributed by atoms with Gasteiger partial charge in [-0.05, 0) is 26.7 Å². The highest BCUT2D eigenvalue weighted by Crippen LogP contribution is 2.53. The van der Waals surface area contributed by atoms with E-state index >= 15 is 0 Å². The van der Waals surface area contributed by atoms with Gasteiger partial charge >= 0.3 is 5.97 Å². The van der Waals surface area contributed by atoms with Crippen molar-refractivity contribution in [2.75, 3.05) is 6.61 Å². The second-order valence-electron chi connectivity index (χ2n) is 3.62. The van der Waals surface area contributed by atoms with Crippen LogP contribution in [0.5, 0.6) is 0 Å². The Morgan fingerprint density at radius 3 is 2.62 bits per heavy atom. The number of carbonyl (C=O) groups excluding carboxylic acids is 1. The summed E-state index contributed by atoms with van der Waals surface area (Å²) in [5, 5.41) is 8.80. The molecule has 2 N–H and O–H groups in total. The van der Waals surface area contributed by atoms with E-state index in [1.807, 2.05) is 6.07 Å². The molecule has 13 heavy (non-hydrogen) atoms. The van der Waals surface area contributed by atoms with Crippen molar-refractivity contribution in [2.45, 2.75) is 32.2 Å². The van der Waals surface area contributed by atoms with Gasteiger partial charge < -0.3 is 10.5 Å². The highest BCUT2D eigenvalue weighted by Gasteiger charge is 2.62. The summed E-state index contributed by atoms with van der Waals surface area (Å²) in [6.07, 6.45) is 1.32. The number of ether oxygens (including phenoxy) is 1. The summed E-state index contributed by atoms with van der Waals surface area (Å²) < 4.78 is 4.89. The molecule has 1 unspecified atom stereocenters. The van der Waals surface area contributed by atoms with Crippen LogP contribution in [0.3, 0.4) is 0 Å². The van der Waals surface area contributed by atoms with Crippen LogP contribution in [0.25, 0.3) is 0 Å². The average molecular weight is 182 g/mol. The molecule has 4 nitrogen and oxygen atoms in total. The van der Waals surface area contributed by atoms with Gasteiger partial charge in [0.15, 0.2) is 0 Å². The molecule has 1 rings (SSSR count). The van der Waals surface area contributed by atoms with Gasteiger partial charge in [-0.2, -0.15) is 5.26 Å². The minimum absolute atomic E-state index is 0.332. The van der Waals surface area contributed by atoms with Gasteiger partial charge in [-0.15, -0.1) is 0 Å². The van der Waals surface area contributed by atoms with E-state index < -0.39 is 11.0 Å². The quantitative estimate of drug-likeness (QED) is 0.647. The number of hydrogen-bond acceptors (Lipinski definition) is 4. The number of hydrogen-bond donors (Lipinski definition) is 1. The van der Waals surface area contributed by atoms with E-state index in [1.165, 1.54) is 0 Å². The summed E-state index contributed by atoms with van der Waals surface area (Å²) in [6, 6.07) is 1.96. The smallest absolute Gasteiger partial charge is 0.315 e. The molecule has 0 aromatic rings. The number of esters is 1. The molecule has 1 aliphatic rings. The van der Waals surface area contributed by atoms with Crippen molar-refractivity contribution in [3.63, 3.8) is 0 Å². The minimum Gasteiger partial charge on any atom is -0.465 e. The van der Waals surface area contributed by atoms with Crippen LogP contribution in [0.1, 0.15) is 26.7 Å². The Hall–Kier alpha value is -1.08. The maximum atomic E-state index is 11.5. The first-order chi connectivity index (χ1) is 6.00. The van der Waals surface area contributed by atoms with Gasteiger partial charge in [0, 0.05) is 0 Å². The van der Waals surface area contributed by atoms with Gasteiger partial charge in [-0.1, -0.05) is 0 Å². The van der Waals surface area contributed by atoms with Crippen LogP contribution < -0.4 is 5.73 Å². The fourth-order valence-corrected chi connectivity index (χ4v) is 1.44. The van der Waals surface area contributed by atoms with Gasteiger partial charge in [0.1, 0.15) is 5.54 Å². The standard InChI is InChI=1S/C9H14N2O2/c1-3-13-7(12)9(4-5-9)8(2,11)6-10/h3-5,11H2,1-2H3. The lowest BCUT2D eigenvalue weighted by atomic mass is 9.84. The zero-order valence-electron chi connectivity index (χ0n) is 7.96. The second-order valence-corrected chi connectivity index (χ2v) is 3.62. The van der Waals surface area contributed by atoms with Gasteiger partial charge in [0.2, 0.25) is 0 Å². The minimum atomic E-state index is -1.10. The maximum absolute atomic E-state index is 11.5. The number of nitriles is 1. The summed E-state index contributed by atoms with van der Waals surface area (Å²) in [6.45, 7) is 3.66. The first-order valence-corrected chi connectivity index (χ1v) is 4.37. The van der Waals surface area contributed by atoms with Crippen LogP contribution in [0.4, 0.5) is 0 Å². The molecule has 0 radical (unpaired) electrons. The van der Waals surface area contributed by atoms with Gasteiger partial charge in [-0.3, -0.25) is 4.79 Å². The van der Waals surface area contributed by atoms with Crippen LogP contribution >= 0.6 is 0 Å². The molecule has 72 valence electrons. The second kappa shape index (κ2) is 3.00. The highest BCUT2D eigenvalue weighted by atomic mass is 16.5. The summed E-state index contributed by atoms with van der Waals surface area (Å²) in [7, 11) is 0. The molecular formula is C9H14N2O2. The molecule has 0 bridgehead atoms. The summed E-state index contributed by atoms with van der Waals surface area (Å²) in [5.41, 5.74) is 3.89. The van der Waals surface area contributed by atoms with Crippen molar-refractivity contribution in [1.82, 2.24) is 0 Å². The van der Waals surface area contributed by atoms with Crippen molar-refractivity contribution in [3.05, 3.63) is 0 Å². The lowest BCUT2D eigenvalue weighted by molar-refractivity contribution is -0.151. The zero-order chi connectivity index (χ0) is 10.1. The third-order valence-electron chi connectivity index (χ3n) is 2.64. The Labute approximate surface area is 77.7 Å². The number of rotatable bonds is 3. The third-order valence-corrected chi connectivity index (χ3v) is 2.64. The predicted octanol–water partition coefficient (Wildman–Crippen LogP) is 0.571. The molecule has 0 heterocycles. The highest BCUT2D eigenvalue weighted by molar-refractivity contribution is 5.82. The molecule has 0 aromatic heterocycles. The maximum Gasteiger partial charge on any atom is 0.315 e. The monoisotopic (exact) mass is 182 g/mol. The molecule has 1 saturated carbocycles. The molecule has 0 spiro atoms. The molecule has 1 atom stereocenters. The van der Waals surface area contributed by atoms with E-state index in [9.17, 15) is 4.79 Å². The Morgan fingerprint density at radius 2 is 2.31 bits per heavy atom. The van der Waals surface area contributed by atoms with E-state index in [0.29, 0.717) is 19.4 Å². The molecule has 4 heteroatoms. The largest absolute Gasteiger partial charge is 0.465 e. The molecular weight excluding hydrogens is 168 g/mol. The van der Waals surface area contributed by atoms with E-state index in [1.54, 1.807) is 13.8 Å². The molecule has 1 fully saturated rings. The van der Waals surface area contributed by atoms with Crippen molar-refractivity contribution < 1.29 is 9.53 Å². The number of nitrogens with zero attached hydrogens (tertiary/aromatic N) is 1. The lowest BCUT2D eigenvalue weighted by Crippen LogP contribution is -2.49. The Morgan fingerprint density at radius 1 is 1.77 bits per heavy atom. The van der Waals surface area contributed by atoms with Gasteiger partial charge in [0.05, 0.1) is 18.1 Å². The van der Waals surface area contributed by atoms with Crippen molar-refractivity contribution in [1.29, 1.82) is 5.26 Å². The van der Waals surface area contributed by atoms with Crippen LogP contribution in [0, 0.1) is 16.7 Å². The average Bonchev–Trinajstić information content (AvgIpc) is 2.85. The zero-order valence-corrected chi connectivity index (χ0v) is 7.96.